The number of hydrogen-bond acceptors (Lipinski definition) is 4. The largest absolute Gasteiger partial charge is 0.345 e. The highest BCUT2D eigenvalue weighted by Crippen LogP contribution is 2.33. The molecule has 3 rings (SSSR count). The molecule has 1 heterocycles. The van der Waals surface area contributed by atoms with Crippen LogP contribution in [0.4, 0.5) is 10.5 Å². The van der Waals surface area contributed by atoms with Gasteiger partial charge in [-0.15, -0.1) is 0 Å². The first kappa shape index (κ1) is 23.3. The molecule has 168 valence electrons. The summed E-state index contributed by atoms with van der Waals surface area (Å²) in [5.74, 6) is -1.54. The van der Waals surface area contributed by atoms with Crippen molar-refractivity contribution in [3.63, 3.8) is 0 Å². The number of nitrogens with zero attached hydrogens (tertiary/aromatic N) is 1. The second kappa shape index (κ2) is 9.82. The van der Waals surface area contributed by atoms with Gasteiger partial charge in [-0.2, -0.15) is 0 Å². The van der Waals surface area contributed by atoms with E-state index in [0.29, 0.717) is 22.7 Å². The van der Waals surface area contributed by atoms with E-state index in [1.54, 1.807) is 37.3 Å². The van der Waals surface area contributed by atoms with E-state index in [2.05, 4.69) is 16.0 Å². The van der Waals surface area contributed by atoms with Crippen molar-refractivity contribution >= 4 is 41.0 Å². The fourth-order valence-electron chi connectivity index (χ4n) is 3.67. The summed E-state index contributed by atoms with van der Waals surface area (Å²) in [6.45, 7) is 2.98. The van der Waals surface area contributed by atoms with Crippen molar-refractivity contribution in [1.29, 1.82) is 0 Å². The summed E-state index contributed by atoms with van der Waals surface area (Å²) in [5.41, 5.74) is 0.978. The van der Waals surface area contributed by atoms with Gasteiger partial charge in [0.15, 0.2) is 0 Å². The Hall–Kier alpha value is -3.39. The minimum Gasteiger partial charge on any atom is -0.345 e. The molecule has 1 aliphatic heterocycles. The number of halogens is 1. The molecule has 2 aromatic rings. The van der Waals surface area contributed by atoms with Crippen molar-refractivity contribution in [3.05, 3.63) is 64.7 Å². The zero-order valence-corrected chi connectivity index (χ0v) is 18.7. The van der Waals surface area contributed by atoms with E-state index < -0.39 is 35.8 Å². The summed E-state index contributed by atoms with van der Waals surface area (Å²) in [6, 6.07) is 13.3. The average Bonchev–Trinajstić information content (AvgIpc) is 3.03. The van der Waals surface area contributed by atoms with Gasteiger partial charge < -0.3 is 16.0 Å². The first-order chi connectivity index (χ1) is 15.3. The van der Waals surface area contributed by atoms with Gasteiger partial charge in [-0.3, -0.25) is 19.3 Å². The van der Waals surface area contributed by atoms with Gasteiger partial charge in [0.05, 0.1) is 6.54 Å². The molecule has 1 saturated heterocycles. The summed E-state index contributed by atoms with van der Waals surface area (Å²) in [7, 11) is 0. The van der Waals surface area contributed by atoms with Crippen LogP contribution >= 0.6 is 11.6 Å². The molecule has 0 bridgehead atoms. The number of rotatable bonds is 8. The maximum atomic E-state index is 13.1. The molecule has 1 unspecified atom stereocenters. The Labute approximate surface area is 191 Å². The molecule has 1 fully saturated rings. The van der Waals surface area contributed by atoms with Crippen LogP contribution in [0.3, 0.4) is 0 Å². The van der Waals surface area contributed by atoms with Gasteiger partial charge in [-0.1, -0.05) is 55.8 Å². The van der Waals surface area contributed by atoms with Gasteiger partial charge in [0.1, 0.15) is 12.1 Å². The molecular formula is C23H25ClN4O4. The predicted octanol–water partition coefficient (Wildman–Crippen LogP) is 2.81. The quantitative estimate of drug-likeness (QED) is 0.531. The number of amides is 5. The first-order valence-corrected chi connectivity index (χ1v) is 10.7. The lowest BCUT2D eigenvalue weighted by Gasteiger charge is -2.25. The van der Waals surface area contributed by atoms with E-state index in [1.165, 1.54) is 0 Å². The van der Waals surface area contributed by atoms with Gasteiger partial charge in [0.25, 0.3) is 5.91 Å². The normalized spacial score (nSPS) is 17.8. The molecule has 0 spiro atoms. The Morgan fingerprint density at radius 3 is 2.38 bits per heavy atom. The predicted molar refractivity (Wildman–Crippen MR) is 121 cm³/mol. The third kappa shape index (κ3) is 4.75. The summed E-state index contributed by atoms with van der Waals surface area (Å²) in [6.07, 6.45) is 1.05. The Morgan fingerprint density at radius 1 is 1.03 bits per heavy atom. The Kier molecular flexibility index (Phi) is 7.15. The monoisotopic (exact) mass is 456 g/mol. The summed E-state index contributed by atoms with van der Waals surface area (Å²) < 4.78 is 0. The highest BCUT2D eigenvalue weighted by Gasteiger charge is 2.51. The number of nitrogens with one attached hydrogen (secondary N) is 3. The standard InChI is InChI=1S/C23H25ClN4O4/c1-3-15-7-5-6-8-18(15)26-19(29)13-25-20(30)14-28-21(31)23(4-2,27-22(28)32)16-9-11-17(24)12-10-16/h5-12H,3-4,13-14H2,1-2H3,(H,25,30)(H,26,29)(H,27,32). The number of hydrogen-bond donors (Lipinski definition) is 3. The van der Waals surface area contributed by atoms with Crippen molar-refractivity contribution in [2.75, 3.05) is 18.4 Å². The lowest BCUT2D eigenvalue weighted by atomic mass is 9.87. The molecular weight excluding hydrogens is 432 g/mol. The van der Waals surface area contributed by atoms with Gasteiger partial charge in [0.2, 0.25) is 11.8 Å². The number of carbonyl (C=O) groups is 4. The minimum atomic E-state index is -1.26. The third-order valence-corrected chi connectivity index (χ3v) is 5.72. The molecule has 0 aromatic heterocycles. The highest BCUT2D eigenvalue weighted by molar-refractivity contribution is 6.30. The Morgan fingerprint density at radius 2 is 1.72 bits per heavy atom. The fourth-order valence-corrected chi connectivity index (χ4v) is 3.79. The smallest absolute Gasteiger partial charge is 0.325 e. The van der Waals surface area contributed by atoms with Gasteiger partial charge in [0, 0.05) is 10.7 Å². The highest BCUT2D eigenvalue weighted by atomic mass is 35.5. The van der Waals surface area contributed by atoms with Crippen LogP contribution in [0.5, 0.6) is 0 Å². The van der Waals surface area contributed by atoms with E-state index in [1.807, 2.05) is 25.1 Å². The molecule has 0 radical (unpaired) electrons. The zero-order valence-electron chi connectivity index (χ0n) is 17.9. The Bertz CT molecular complexity index is 1040. The number of para-hydroxylation sites is 1. The summed E-state index contributed by atoms with van der Waals surface area (Å²) in [4.78, 5) is 51.0. The molecule has 2 aromatic carbocycles. The van der Waals surface area contributed by atoms with E-state index in [9.17, 15) is 19.2 Å². The molecule has 9 heteroatoms. The van der Waals surface area contributed by atoms with Crippen LogP contribution in [-0.4, -0.2) is 41.7 Å². The van der Waals surface area contributed by atoms with Crippen LogP contribution in [0.1, 0.15) is 31.4 Å². The number of aryl methyl sites for hydroxylation is 1. The number of imide groups is 1. The van der Waals surface area contributed by atoms with E-state index in [-0.39, 0.29) is 6.54 Å². The van der Waals surface area contributed by atoms with Crippen LogP contribution in [0, 0.1) is 0 Å². The topological polar surface area (TPSA) is 108 Å². The second-order valence-corrected chi connectivity index (χ2v) is 7.86. The van der Waals surface area contributed by atoms with Crippen molar-refractivity contribution in [2.45, 2.75) is 32.2 Å². The number of anilines is 1. The first-order valence-electron chi connectivity index (χ1n) is 10.3. The van der Waals surface area contributed by atoms with Crippen LogP contribution in [0.15, 0.2) is 48.5 Å². The van der Waals surface area contributed by atoms with Crippen molar-refractivity contribution < 1.29 is 19.2 Å². The average molecular weight is 457 g/mol. The van der Waals surface area contributed by atoms with Crippen molar-refractivity contribution in [3.8, 4) is 0 Å². The van der Waals surface area contributed by atoms with E-state index >= 15 is 0 Å². The molecule has 0 aliphatic carbocycles. The van der Waals surface area contributed by atoms with Gasteiger partial charge in [-0.25, -0.2) is 4.79 Å². The number of carbonyl (C=O) groups excluding carboxylic acids is 4. The summed E-state index contributed by atoms with van der Waals surface area (Å²) in [5, 5.41) is 8.42. The molecule has 0 saturated carbocycles. The minimum absolute atomic E-state index is 0.281. The van der Waals surface area contributed by atoms with Crippen LogP contribution < -0.4 is 16.0 Å². The van der Waals surface area contributed by atoms with E-state index in [4.69, 9.17) is 11.6 Å². The Balaban J connectivity index is 1.61. The van der Waals surface area contributed by atoms with Gasteiger partial charge in [-0.05, 0) is 42.2 Å². The van der Waals surface area contributed by atoms with Crippen molar-refractivity contribution in [2.24, 2.45) is 0 Å². The second-order valence-electron chi connectivity index (χ2n) is 7.42. The lowest BCUT2D eigenvalue weighted by molar-refractivity contribution is -0.135. The lowest BCUT2D eigenvalue weighted by Crippen LogP contribution is -2.45. The SMILES string of the molecule is CCc1ccccc1NC(=O)CNC(=O)CN1C(=O)NC(CC)(c2ccc(Cl)cc2)C1=O. The van der Waals surface area contributed by atoms with Crippen LogP contribution in [0.2, 0.25) is 5.02 Å². The van der Waals surface area contributed by atoms with Crippen LogP contribution in [0.25, 0.3) is 0 Å². The van der Waals surface area contributed by atoms with E-state index in [0.717, 1.165) is 16.9 Å². The third-order valence-electron chi connectivity index (χ3n) is 5.46. The summed E-state index contributed by atoms with van der Waals surface area (Å²) >= 11 is 5.93. The maximum Gasteiger partial charge on any atom is 0.325 e. The molecule has 1 aliphatic rings. The maximum absolute atomic E-state index is 13.1. The zero-order chi connectivity index (χ0) is 23.3. The fraction of sp³-hybridized carbons (Fsp3) is 0.304. The number of benzene rings is 2. The van der Waals surface area contributed by atoms with Crippen LogP contribution in [-0.2, 0) is 26.3 Å². The molecule has 1 atom stereocenters. The number of urea groups is 1. The van der Waals surface area contributed by atoms with Crippen molar-refractivity contribution in [1.82, 2.24) is 15.5 Å². The molecule has 3 N–H and O–H groups in total. The molecule has 32 heavy (non-hydrogen) atoms. The molecule has 8 nitrogen and oxygen atoms in total. The van der Waals surface area contributed by atoms with Gasteiger partial charge >= 0.3 is 6.03 Å². The molecule has 5 amide bonds.